The predicted molar refractivity (Wildman–Crippen MR) is 101 cm³/mol. The minimum atomic E-state index is -0.256. The SMILES string of the molecule is CN=C(NCCCOc1ccc(F)cc1)N1CCN(Cc2ccon2)CC1. The summed E-state index contributed by atoms with van der Waals surface area (Å²) >= 11 is 0. The lowest BCUT2D eigenvalue weighted by Gasteiger charge is -2.36. The van der Waals surface area contributed by atoms with Crippen molar-refractivity contribution < 1.29 is 13.7 Å². The number of nitrogens with zero attached hydrogens (tertiary/aromatic N) is 4. The first-order valence-electron chi connectivity index (χ1n) is 9.20. The summed E-state index contributed by atoms with van der Waals surface area (Å²) in [5, 5.41) is 7.35. The largest absolute Gasteiger partial charge is 0.494 e. The molecule has 27 heavy (non-hydrogen) atoms. The van der Waals surface area contributed by atoms with E-state index in [0.29, 0.717) is 12.4 Å². The van der Waals surface area contributed by atoms with Crippen molar-refractivity contribution in [2.45, 2.75) is 13.0 Å². The number of hydrogen-bond donors (Lipinski definition) is 1. The average Bonchev–Trinajstić information content (AvgIpc) is 3.20. The predicted octanol–water partition coefficient (Wildman–Crippen LogP) is 1.98. The summed E-state index contributed by atoms with van der Waals surface area (Å²) in [5.74, 6) is 1.34. The lowest BCUT2D eigenvalue weighted by atomic mass is 10.3. The molecule has 1 N–H and O–H groups in total. The molecule has 0 unspecified atom stereocenters. The Morgan fingerprint density at radius 1 is 1.22 bits per heavy atom. The maximum atomic E-state index is 12.9. The zero-order chi connectivity index (χ0) is 18.9. The van der Waals surface area contributed by atoms with Gasteiger partial charge in [-0.1, -0.05) is 5.16 Å². The van der Waals surface area contributed by atoms with Crippen LogP contribution in [-0.4, -0.2) is 67.3 Å². The number of halogens is 1. The normalized spacial score (nSPS) is 15.8. The molecular formula is C19H26FN5O2. The zero-order valence-electron chi connectivity index (χ0n) is 15.6. The third kappa shape index (κ3) is 5.96. The van der Waals surface area contributed by atoms with Gasteiger partial charge in [-0.3, -0.25) is 9.89 Å². The Balaban J connectivity index is 1.32. The van der Waals surface area contributed by atoms with Crippen molar-refractivity contribution in [3.63, 3.8) is 0 Å². The maximum Gasteiger partial charge on any atom is 0.193 e. The van der Waals surface area contributed by atoms with Gasteiger partial charge < -0.3 is 19.5 Å². The van der Waals surface area contributed by atoms with Crippen molar-refractivity contribution >= 4 is 5.96 Å². The van der Waals surface area contributed by atoms with Crippen LogP contribution in [0.15, 0.2) is 46.1 Å². The molecule has 0 aliphatic carbocycles. The molecule has 3 rings (SSSR count). The molecule has 1 aliphatic rings. The standard InChI is InChI=1S/C19H26FN5O2/c1-21-19(22-8-2-13-26-18-5-3-16(20)4-6-18)25-11-9-24(10-12-25)15-17-7-14-27-23-17/h3-7,14H,2,8-13,15H2,1H3,(H,21,22). The van der Waals surface area contributed by atoms with Crippen LogP contribution >= 0.6 is 0 Å². The van der Waals surface area contributed by atoms with Crippen molar-refractivity contribution in [2.75, 3.05) is 46.4 Å². The van der Waals surface area contributed by atoms with E-state index in [0.717, 1.165) is 57.3 Å². The number of ether oxygens (including phenoxy) is 1. The topological polar surface area (TPSA) is 66.1 Å². The first-order chi connectivity index (χ1) is 13.2. The van der Waals surface area contributed by atoms with Crippen molar-refractivity contribution in [2.24, 2.45) is 4.99 Å². The number of hydrogen-bond acceptors (Lipinski definition) is 5. The van der Waals surface area contributed by atoms with Gasteiger partial charge in [-0.05, 0) is 30.7 Å². The van der Waals surface area contributed by atoms with Crippen LogP contribution in [0.25, 0.3) is 0 Å². The van der Waals surface area contributed by atoms with Gasteiger partial charge in [0.25, 0.3) is 0 Å². The molecule has 0 spiro atoms. The number of aliphatic imine (C=N–C) groups is 1. The van der Waals surface area contributed by atoms with E-state index < -0.39 is 0 Å². The highest BCUT2D eigenvalue weighted by Gasteiger charge is 2.20. The molecule has 0 atom stereocenters. The molecule has 1 aromatic carbocycles. The van der Waals surface area contributed by atoms with Gasteiger partial charge in [0.2, 0.25) is 0 Å². The summed E-state index contributed by atoms with van der Waals surface area (Å²) in [7, 11) is 1.80. The fourth-order valence-electron chi connectivity index (χ4n) is 2.99. The Labute approximate surface area is 158 Å². The molecule has 2 heterocycles. The molecule has 0 radical (unpaired) electrons. The van der Waals surface area contributed by atoms with E-state index in [4.69, 9.17) is 9.26 Å². The van der Waals surface area contributed by atoms with E-state index in [-0.39, 0.29) is 5.82 Å². The number of aromatic nitrogens is 1. The minimum Gasteiger partial charge on any atom is -0.494 e. The maximum absolute atomic E-state index is 12.9. The second-order valence-electron chi connectivity index (χ2n) is 6.38. The van der Waals surface area contributed by atoms with E-state index in [9.17, 15) is 4.39 Å². The molecule has 146 valence electrons. The van der Waals surface area contributed by atoms with Crippen LogP contribution in [0.4, 0.5) is 4.39 Å². The Morgan fingerprint density at radius 2 is 2.00 bits per heavy atom. The summed E-state index contributed by atoms with van der Waals surface area (Å²) in [4.78, 5) is 9.00. The van der Waals surface area contributed by atoms with Crippen LogP contribution in [-0.2, 0) is 6.54 Å². The highest BCUT2D eigenvalue weighted by Crippen LogP contribution is 2.11. The minimum absolute atomic E-state index is 0.256. The molecule has 7 nitrogen and oxygen atoms in total. The van der Waals surface area contributed by atoms with Crippen LogP contribution in [0.3, 0.4) is 0 Å². The van der Waals surface area contributed by atoms with Gasteiger partial charge in [-0.2, -0.15) is 0 Å². The molecule has 1 aliphatic heterocycles. The van der Waals surface area contributed by atoms with Crippen LogP contribution in [0.2, 0.25) is 0 Å². The van der Waals surface area contributed by atoms with E-state index in [1.165, 1.54) is 12.1 Å². The number of nitrogens with one attached hydrogen (secondary N) is 1. The summed E-state index contributed by atoms with van der Waals surface area (Å²) in [5.41, 5.74) is 0.965. The summed E-state index contributed by atoms with van der Waals surface area (Å²) in [6.45, 7) is 5.92. The second-order valence-corrected chi connectivity index (χ2v) is 6.38. The third-order valence-electron chi connectivity index (χ3n) is 4.45. The Hall–Kier alpha value is -2.61. The first kappa shape index (κ1) is 19.2. The van der Waals surface area contributed by atoms with Gasteiger partial charge in [0.15, 0.2) is 5.96 Å². The Bertz CT molecular complexity index is 697. The molecule has 1 saturated heterocycles. The highest BCUT2D eigenvalue weighted by atomic mass is 19.1. The van der Waals surface area contributed by atoms with Crippen molar-refractivity contribution in [1.82, 2.24) is 20.3 Å². The lowest BCUT2D eigenvalue weighted by Crippen LogP contribution is -2.52. The Kier molecular flexibility index (Phi) is 7.04. The summed E-state index contributed by atoms with van der Waals surface area (Å²) in [6.07, 6.45) is 2.44. The van der Waals surface area contributed by atoms with Crippen molar-refractivity contribution in [3.8, 4) is 5.75 Å². The smallest absolute Gasteiger partial charge is 0.193 e. The molecule has 1 fully saturated rings. The monoisotopic (exact) mass is 375 g/mol. The molecular weight excluding hydrogens is 349 g/mol. The van der Waals surface area contributed by atoms with E-state index >= 15 is 0 Å². The van der Waals surface area contributed by atoms with Gasteiger partial charge in [-0.25, -0.2) is 4.39 Å². The second kappa shape index (κ2) is 9.91. The fourth-order valence-corrected chi connectivity index (χ4v) is 2.99. The summed E-state index contributed by atoms with van der Waals surface area (Å²) in [6, 6.07) is 7.98. The average molecular weight is 375 g/mol. The molecule has 0 bridgehead atoms. The Morgan fingerprint density at radius 3 is 2.67 bits per heavy atom. The van der Waals surface area contributed by atoms with Crippen LogP contribution in [0.5, 0.6) is 5.75 Å². The molecule has 8 heteroatoms. The summed E-state index contributed by atoms with van der Waals surface area (Å²) < 4.78 is 23.4. The molecule has 1 aromatic heterocycles. The van der Waals surface area contributed by atoms with Crippen molar-refractivity contribution in [3.05, 3.63) is 48.1 Å². The lowest BCUT2D eigenvalue weighted by molar-refractivity contribution is 0.169. The highest BCUT2D eigenvalue weighted by molar-refractivity contribution is 5.79. The zero-order valence-corrected chi connectivity index (χ0v) is 15.6. The van der Waals surface area contributed by atoms with E-state index in [1.807, 2.05) is 6.07 Å². The number of piperazine rings is 1. The van der Waals surface area contributed by atoms with Gasteiger partial charge >= 0.3 is 0 Å². The molecule has 0 amide bonds. The molecule has 2 aromatic rings. The van der Waals surface area contributed by atoms with Gasteiger partial charge in [0.05, 0.1) is 12.3 Å². The van der Waals surface area contributed by atoms with Crippen LogP contribution in [0, 0.1) is 5.82 Å². The number of rotatable bonds is 7. The quantitative estimate of drug-likeness (QED) is 0.454. The van der Waals surface area contributed by atoms with Gasteiger partial charge in [0, 0.05) is 52.4 Å². The van der Waals surface area contributed by atoms with Crippen molar-refractivity contribution in [1.29, 1.82) is 0 Å². The first-order valence-corrected chi connectivity index (χ1v) is 9.20. The van der Waals surface area contributed by atoms with E-state index in [2.05, 4.69) is 25.3 Å². The number of guanidine groups is 1. The number of benzene rings is 1. The molecule has 0 saturated carbocycles. The van der Waals surface area contributed by atoms with Crippen LogP contribution < -0.4 is 10.1 Å². The van der Waals surface area contributed by atoms with E-state index in [1.54, 1.807) is 25.4 Å². The van der Waals surface area contributed by atoms with Gasteiger partial charge in [-0.15, -0.1) is 0 Å². The fraction of sp³-hybridized carbons (Fsp3) is 0.474. The van der Waals surface area contributed by atoms with Crippen LogP contribution in [0.1, 0.15) is 12.1 Å². The third-order valence-corrected chi connectivity index (χ3v) is 4.45. The van der Waals surface area contributed by atoms with Gasteiger partial charge in [0.1, 0.15) is 17.8 Å².